The van der Waals surface area contributed by atoms with Gasteiger partial charge in [-0.2, -0.15) is 5.26 Å². The fourth-order valence-electron chi connectivity index (χ4n) is 2.95. The molecule has 6 nitrogen and oxygen atoms in total. The highest BCUT2D eigenvalue weighted by Gasteiger charge is 2.24. The first kappa shape index (κ1) is 20.2. The molecule has 150 valence electrons. The highest BCUT2D eigenvalue weighted by Crippen LogP contribution is 2.29. The maximum absolute atomic E-state index is 13.4. The molecular formula is C21H13Cl2N3O3S. The predicted octanol–water partition coefficient (Wildman–Crippen LogP) is 5.03. The van der Waals surface area contributed by atoms with Crippen molar-refractivity contribution in [3.8, 4) is 11.8 Å². The lowest BCUT2D eigenvalue weighted by atomic mass is 10.2. The first-order chi connectivity index (χ1) is 14.4. The van der Waals surface area contributed by atoms with E-state index in [9.17, 15) is 8.42 Å². The molecule has 0 atom stereocenters. The highest BCUT2D eigenvalue weighted by atomic mass is 35.5. The lowest BCUT2D eigenvalue weighted by Crippen LogP contribution is -2.17. The van der Waals surface area contributed by atoms with Gasteiger partial charge >= 0.3 is 0 Å². The van der Waals surface area contributed by atoms with Crippen molar-refractivity contribution in [3.63, 3.8) is 0 Å². The summed E-state index contributed by atoms with van der Waals surface area (Å²) in [5, 5.41) is 9.73. The van der Waals surface area contributed by atoms with E-state index in [0.29, 0.717) is 32.4 Å². The van der Waals surface area contributed by atoms with Gasteiger partial charge in [-0.3, -0.25) is 0 Å². The lowest BCUT2D eigenvalue weighted by Gasteiger charge is -2.12. The minimum atomic E-state index is -3.99. The summed E-state index contributed by atoms with van der Waals surface area (Å²) in [7, 11) is -3.99. The molecule has 0 fully saturated rings. The second-order valence-electron chi connectivity index (χ2n) is 6.29. The van der Waals surface area contributed by atoms with Crippen molar-refractivity contribution < 1.29 is 13.2 Å². The van der Waals surface area contributed by atoms with Crippen molar-refractivity contribution >= 4 is 44.3 Å². The van der Waals surface area contributed by atoms with E-state index in [1.807, 2.05) is 6.07 Å². The summed E-state index contributed by atoms with van der Waals surface area (Å²) in [5.41, 5.74) is 1.29. The van der Waals surface area contributed by atoms with Gasteiger partial charge in [0.25, 0.3) is 10.0 Å². The third-order valence-corrected chi connectivity index (χ3v) is 6.64. The minimum Gasteiger partial charge on any atom is -0.484 e. The largest absolute Gasteiger partial charge is 0.484 e. The summed E-state index contributed by atoms with van der Waals surface area (Å²) < 4.78 is 33.7. The normalized spacial score (nSPS) is 11.4. The third kappa shape index (κ3) is 3.73. The molecule has 0 aliphatic heterocycles. The number of ether oxygens (including phenoxy) is 1. The molecule has 4 aromatic rings. The van der Waals surface area contributed by atoms with Crippen molar-refractivity contribution in [1.29, 1.82) is 5.26 Å². The number of hydrogen-bond donors (Lipinski definition) is 0. The standard InChI is InChI=1S/C21H13Cl2N3O3S/c22-15-7-10-20(17(23)11-15)29-13-21-25-18-3-1-2-4-19(18)26(21)30(27,28)16-8-5-14(12-24)6-9-16/h1-11H,13H2. The van der Waals surface area contributed by atoms with Crippen molar-refractivity contribution in [1.82, 2.24) is 8.96 Å². The van der Waals surface area contributed by atoms with E-state index in [4.69, 9.17) is 33.2 Å². The Morgan fingerprint density at radius 3 is 2.47 bits per heavy atom. The Morgan fingerprint density at radius 2 is 1.77 bits per heavy atom. The molecule has 0 saturated heterocycles. The Kier molecular flexibility index (Phi) is 5.39. The summed E-state index contributed by atoms with van der Waals surface area (Å²) in [4.78, 5) is 4.48. The van der Waals surface area contributed by atoms with Gasteiger partial charge in [-0.1, -0.05) is 35.3 Å². The molecule has 0 spiro atoms. The van der Waals surface area contributed by atoms with Crippen molar-refractivity contribution in [2.75, 3.05) is 0 Å². The molecule has 0 radical (unpaired) electrons. The maximum atomic E-state index is 13.4. The minimum absolute atomic E-state index is 0.0374. The van der Waals surface area contributed by atoms with Crippen LogP contribution in [0.2, 0.25) is 10.0 Å². The molecule has 1 heterocycles. The van der Waals surface area contributed by atoms with E-state index in [2.05, 4.69) is 4.98 Å². The number of nitrogens with zero attached hydrogens (tertiary/aromatic N) is 3. The topological polar surface area (TPSA) is 85.0 Å². The second-order valence-corrected chi connectivity index (χ2v) is 8.92. The fraction of sp³-hybridized carbons (Fsp3) is 0.0476. The molecule has 0 amide bonds. The average Bonchev–Trinajstić information content (AvgIpc) is 3.12. The molecule has 0 aliphatic rings. The highest BCUT2D eigenvalue weighted by molar-refractivity contribution is 7.90. The molecule has 0 unspecified atom stereocenters. The second kappa shape index (κ2) is 8.00. The number of halogens is 2. The smallest absolute Gasteiger partial charge is 0.269 e. The number of fused-ring (bicyclic) bond motifs is 1. The Hall–Kier alpha value is -3.05. The quantitative estimate of drug-likeness (QED) is 0.419. The van der Waals surface area contributed by atoms with Crippen LogP contribution in [0.4, 0.5) is 0 Å². The van der Waals surface area contributed by atoms with E-state index in [1.165, 1.54) is 30.3 Å². The van der Waals surface area contributed by atoms with Crippen LogP contribution in [0.3, 0.4) is 0 Å². The van der Waals surface area contributed by atoms with E-state index >= 15 is 0 Å². The Morgan fingerprint density at radius 1 is 1.03 bits per heavy atom. The van der Waals surface area contributed by atoms with Crippen LogP contribution in [0, 0.1) is 11.3 Å². The van der Waals surface area contributed by atoms with Crippen LogP contribution < -0.4 is 4.74 Å². The van der Waals surface area contributed by atoms with Gasteiger partial charge in [-0.05, 0) is 54.6 Å². The zero-order valence-electron chi connectivity index (χ0n) is 15.3. The average molecular weight is 458 g/mol. The maximum Gasteiger partial charge on any atom is 0.269 e. The van der Waals surface area contributed by atoms with Crippen molar-refractivity contribution in [3.05, 3.63) is 88.2 Å². The SMILES string of the molecule is N#Cc1ccc(S(=O)(=O)n2c(COc3ccc(Cl)cc3Cl)nc3ccccc32)cc1. The monoisotopic (exact) mass is 457 g/mol. The third-order valence-electron chi connectivity index (χ3n) is 4.36. The molecule has 30 heavy (non-hydrogen) atoms. The van der Waals surface area contributed by atoms with Gasteiger partial charge in [-0.15, -0.1) is 0 Å². The molecule has 0 saturated carbocycles. The van der Waals surface area contributed by atoms with Crippen LogP contribution >= 0.6 is 23.2 Å². The van der Waals surface area contributed by atoms with Crippen molar-refractivity contribution in [2.45, 2.75) is 11.5 Å². The van der Waals surface area contributed by atoms with Gasteiger partial charge < -0.3 is 4.74 Å². The van der Waals surface area contributed by atoms with Crippen molar-refractivity contribution in [2.24, 2.45) is 0 Å². The number of hydrogen-bond acceptors (Lipinski definition) is 5. The molecule has 3 aromatic carbocycles. The number of imidazole rings is 1. The number of nitriles is 1. The van der Waals surface area contributed by atoms with Gasteiger partial charge in [0.1, 0.15) is 12.4 Å². The number of benzene rings is 3. The molecule has 4 rings (SSSR count). The zero-order chi connectivity index (χ0) is 21.3. The summed E-state index contributed by atoms with van der Waals surface area (Å²) >= 11 is 12.1. The molecule has 0 N–H and O–H groups in total. The first-order valence-corrected chi connectivity index (χ1v) is 10.9. The Labute approximate surface area is 182 Å². The first-order valence-electron chi connectivity index (χ1n) is 8.70. The van der Waals surface area contributed by atoms with Crippen LogP contribution in [0.5, 0.6) is 5.75 Å². The van der Waals surface area contributed by atoms with Gasteiger partial charge in [0.15, 0.2) is 5.82 Å². The van der Waals surface area contributed by atoms with Gasteiger partial charge in [-0.25, -0.2) is 17.4 Å². The summed E-state index contributed by atoms with van der Waals surface area (Å²) in [5.74, 6) is 0.544. The predicted molar refractivity (Wildman–Crippen MR) is 114 cm³/mol. The van der Waals surface area contributed by atoms with Crippen LogP contribution in [0.25, 0.3) is 11.0 Å². The van der Waals surface area contributed by atoms with Gasteiger partial charge in [0.2, 0.25) is 0 Å². The lowest BCUT2D eigenvalue weighted by molar-refractivity contribution is 0.296. The zero-order valence-corrected chi connectivity index (χ0v) is 17.6. The molecule has 0 bridgehead atoms. The molecule has 9 heteroatoms. The summed E-state index contributed by atoms with van der Waals surface area (Å²) in [6.45, 7) is -0.133. The molecular weight excluding hydrogens is 445 g/mol. The van der Waals surface area contributed by atoms with Crippen LogP contribution in [-0.2, 0) is 16.6 Å². The van der Waals surface area contributed by atoms with Crippen LogP contribution in [0.15, 0.2) is 71.6 Å². The Balaban J connectivity index is 1.79. The summed E-state index contributed by atoms with van der Waals surface area (Å²) in [6.07, 6.45) is 0. The van der Waals surface area contributed by atoms with E-state index in [-0.39, 0.29) is 17.3 Å². The van der Waals surface area contributed by atoms with E-state index in [1.54, 1.807) is 36.4 Å². The van der Waals surface area contributed by atoms with E-state index < -0.39 is 10.0 Å². The number of aromatic nitrogens is 2. The van der Waals surface area contributed by atoms with Gasteiger partial charge in [0.05, 0.1) is 32.6 Å². The Bertz CT molecular complexity index is 1390. The number of rotatable bonds is 5. The molecule has 1 aromatic heterocycles. The number of para-hydroxylation sites is 2. The summed E-state index contributed by atoms with van der Waals surface area (Å²) in [6, 6.07) is 19.3. The molecule has 0 aliphatic carbocycles. The fourth-order valence-corrected chi connectivity index (χ4v) is 4.89. The van der Waals surface area contributed by atoms with Gasteiger partial charge in [0, 0.05) is 5.02 Å². The van der Waals surface area contributed by atoms with Crippen LogP contribution in [-0.4, -0.2) is 17.4 Å². The van der Waals surface area contributed by atoms with E-state index in [0.717, 1.165) is 3.97 Å². The van der Waals surface area contributed by atoms with Crippen LogP contribution in [0.1, 0.15) is 11.4 Å².